The van der Waals surface area contributed by atoms with E-state index in [1.807, 2.05) is 6.08 Å². The van der Waals surface area contributed by atoms with Gasteiger partial charge in [-0.2, -0.15) is 17.2 Å². The third-order valence-corrected chi connectivity index (χ3v) is 3.56. The van der Waals surface area contributed by atoms with E-state index >= 15 is 0 Å². The molecule has 2 radical (unpaired) electrons. The van der Waals surface area contributed by atoms with Crippen LogP contribution in [0.4, 0.5) is 0 Å². The van der Waals surface area contributed by atoms with Crippen molar-refractivity contribution in [2.75, 3.05) is 0 Å². The van der Waals surface area contributed by atoms with Crippen LogP contribution in [-0.2, 0) is 23.3 Å². The van der Waals surface area contributed by atoms with Crippen LogP contribution in [0.5, 0.6) is 0 Å². The molecule has 0 saturated carbocycles. The molecule has 140 valence electrons. The van der Waals surface area contributed by atoms with Crippen LogP contribution in [0, 0.1) is 33.3 Å². The zero-order valence-electron chi connectivity index (χ0n) is 16.1. The van der Waals surface area contributed by atoms with E-state index in [1.54, 1.807) is 0 Å². The summed E-state index contributed by atoms with van der Waals surface area (Å²) >= 11 is 1.36. The van der Waals surface area contributed by atoms with E-state index in [-0.39, 0.29) is 39.7 Å². The number of aryl methyl sites for hydroxylation is 1. The van der Waals surface area contributed by atoms with Crippen molar-refractivity contribution >= 4 is 42.5 Å². The molecule has 2 aromatic rings. The molecule has 0 fully saturated rings. The molecular formula is C21H30Cl2SiZr-4. The predicted octanol–water partition coefficient (Wildman–Crippen LogP) is 6.95. The van der Waals surface area contributed by atoms with Crippen molar-refractivity contribution in [2.45, 2.75) is 34.1 Å². The van der Waals surface area contributed by atoms with Crippen LogP contribution >= 0.6 is 24.8 Å². The number of halogens is 2. The number of fused-ring (bicyclic) bond motifs is 1. The zero-order valence-corrected chi connectivity index (χ0v) is 21.2. The molecule has 1 aliphatic rings. The molecular weight excluding hydrogens is 442 g/mol. The third-order valence-electron chi connectivity index (χ3n) is 3.56. The van der Waals surface area contributed by atoms with Crippen molar-refractivity contribution in [3.8, 4) is 0 Å². The molecule has 0 unspecified atom stereocenters. The molecule has 25 heavy (non-hydrogen) atoms. The average Bonchev–Trinajstić information content (AvgIpc) is 3.12. The monoisotopic (exact) mass is 470 g/mol. The van der Waals surface area contributed by atoms with Gasteiger partial charge in [0.25, 0.3) is 0 Å². The number of benzene rings is 1. The van der Waals surface area contributed by atoms with Crippen LogP contribution in [0.3, 0.4) is 0 Å². The van der Waals surface area contributed by atoms with Crippen molar-refractivity contribution in [1.29, 1.82) is 0 Å². The standard InChI is InChI=1S/C10H9.C9H13.2CH3.2ClH.Si.Zr/c1-8-6-7-9-4-2-3-5-10(8)9;1-9(2,3)8-6-4-5-7-8;;;;;;/h2-7H,1H3;4,6H,7H2,1-3H3;2*1H3;2*1H;;/q4*-1;;;;. The third kappa shape index (κ3) is 10.7. The maximum atomic E-state index is 3.16. The molecule has 0 atom stereocenters. The summed E-state index contributed by atoms with van der Waals surface area (Å²) in [6, 6.07) is 12.8. The van der Waals surface area contributed by atoms with Crippen molar-refractivity contribution in [2.24, 2.45) is 5.41 Å². The summed E-state index contributed by atoms with van der Waals surface area (Å²) in [6.07, 6.45) is 8.37. The van der Waals surface area contributed by atoms with Gasteiger partial charge in [0.15, 0.2) is 0 Å². The minimum absolute atomic E-state index is 0. The Kier molecular flexibility index (Phi) is 21.1. The summed E-state index contributed by atoms with van der Waals surface area (Å²) in [5.41, 5.74) is 3.21. The first-order valence-corrected chi connectivity index (χ1v) is 11.3. The van der Waals surface area contributed by atoms with Crippen molar-refractivity contribution in [1.82, 2.24) is 0 Å². The van der Waals surface area contributed by atoms with E-state index in [0.717, 1.165) is 6.42 Å². The van der Waals surface area contributed by atoms with Gasteiger partial charge in [0.1, 0.15) is 0 Å². The Morgan fingerprint density at radius 3 is 2.04 bits per heavy atom. The van der Waals surface area contributed by atoms with Gasteiger partial charge in [-0.3, -0.25) is 6.08 Å². The van der Waals surface area contributed by atoms with Crippen LogP contribution in [0.2, 0.25) is 0 Å². The molecule has 1 aliphatic carbocycles. The van der Waals surface area contributed by atoms with Gasteiger partial charge in [0, 0.05) is 0 Å². The van der Waals surface area contributed by atoms with Crippen LogP contribution in [-0.4, -0.2) is 6.88 Å². The maximum absolute atomic E-state index is 3.16. The summed E-state index contributed by atoms with van der Waals surface area (Å²) in [5, 5.41) is 2.72. The molecule has 0 saturated heterocycles. The Hall–Kier alpha value is -0.01000. The van der Waals surface area contributed by atoms with E-state index in [4.69, 9.17) is 0 Å². The molecule has 4 heteroatoms. The fourth-order valence-corrected chi connectivity index (χ4v) is 2.21. The van der Waals surface area contributed by atoms with Gasteiger partial charge in [0.2, 0.25) is 0 Å². The van der Waals surface area contributed by atoms with E-state index in [9.17, 15) is 0 Å². The first kappa shape index (κ1) is 32.6. The van der Waals surface area contributed by atoms with Crippen molar-refractivity contribution in [3.05, 3.63) is 80.6 Å². The van der Waals surface area contributed by atoms with Crippen LogP contribution in [0.25, 0.3) is 10.8 Å². The Morgan fingerprint density at radius 1 is 1.08 bits per heavy atom. The number of rotatable bonds is 0. The van der Waals surface area contributed by atoms with Gasteiger partial charge in [-0.15, -0.1) is 66.3 Å². The molecule has 0 spiro atoms. The SMILES string of the molecule is CC(C)(C)C1=CC=[C-]C1.Cc1c[cH-]c2ccccc12.Cl.Cl.[CH3-].[CH3-].[Si]=[Zr]. The molecule has 0 aliphatic heterocycles. The second-order valence-corrected chi connectivity index (χ2v) is 6.09. The van der Waals surface area contributed by atoms with Gasteiger partial charge >= 0.3 is 30.2 Å². The van der Waals surface area contributed by atoms with Gasteiger partial charge < -0.3 is 14.9 Å². The fraction of sp³-hybridized carbons (Fsp3) is 0.286. The molecule has 0 heterocycles. The summed E-state index contributed by atoms with van der Waals surface area (Å²) < 4.78 is 0. The van der Waals surface area contributed by atoms with Gasteiger partial charge in [-0.05, 0) is 5.41 Å². The zero-order chi connectivity index (χ0) is 15.9. The van der Waals surface area contributed by atoms with Crippen LogP contribution < -0.4 is 0 Å². The fourth-order valence-electron chi connectivity index (χ4n) is 2.21. The summed E-state index contributed by atoms with van der Waals surface area (Å²) in [6.45, 7) is 11.9. The van der Waals surface area contributed by atoms with Crippen molar-refractivity contribution in [3.63, 3.8) is 0 Å². The molecule has 0 nitrogen and oxygen atoms in total. The molecule has 2 aromatic carbocycles. The number of hydrogen-bond donors (Lipinski definition) is 0. The van der Waals surface area contributed by atoms with Gasteiger partial charge in [-0.1, -0.05) is 33.8 Å². The Balaban J connectivity index is -0.000000141. The van der Waals surface area contributed by atoms with E-state index in [2.05, 4.69) is 83.1 Å². The Labute approximate surface area is 184 Å². The normalized spacial score (nSPS) is 10.9. The minimum atomic E-state index is 0. The average molecular weight is 473 g/mol. The van der Waals surface area contributed by atoms with E-state index < -0.39 is 0 Å². The molecule has 0 bridgehead atoms. The summed E-state index contributed by atoms with van der Waals surface area (Å²) in [5.74, 6) is 0. The molecule has 0 aromatic heterocycles. The van der Waals surface area contributed by atoms with Crippen LogP contribution in [0.1, 0.15) is 32.8 Å². The number of allylic oxidation sites excluding steroid dienone is 4. The van der Waals surface area contributed by atoms with E-state index in [0.29, 0.717) is 5.41 Å². The second-order valence-electron chi connectivity index (χ2n) is 6.09. The molecule has 0 amide bonds. The Morgan fingerprint density at radius 2 is 1.64 bits per heavy atom. The van der Waals surface area contributed by atoms with Crippen molar-refractivity contribution < 1.29 is 23.3 Å². The van der Waals surface area contributed by atoms with Gasteiger partial charge in [0.05, 0.1) is 0 Å². The molecule has 0 N–H and O–H groups in total. The predicted molar refractivity (Wildman–Crippen MR) is 117 cm³/mol. The Bertz CT molecular complexity index is 637. The van der Waals surface area contributed by atoms with Gasteiger partial charge in [-0.25, -0.2) is 12.2 Å². The topological polar surface area (TPSA) is 0 Å². The quantitative estimate of drug-likeness (QED) is 0.287. The summed E-state index contributed by atoms with van der Waals surface area (Å²) in [7, 11) is 0. The van der Waals surface area contributed by atoms with Crippen LogP contribution in [0.15, 0.2) is 54.1 Å². The first-order chi connectivity index (χ1) is 9.98. The second kappa shape index (κ2) is 16.2. The first-order valence-electron chi connectivity index (χ1n) is 7.11. The van der Waals surface area contributed by atoms with E-state index in [1.165, 1.54) is 45.2 Å². The summed E-state index contributed by atoms with van der Waals surface area (Å²) in [4.78, 5) is 0. The molecule has 3 rings (SSSR count). The number of hydrogen-bond acceptors (Lipinski definition) is 0.